The van der Waals surface area contributed by atoms with Crippen LogP contribution < -0.4 is 5.32 Å². The van der Waals surface area contributed by atoms with Crippen LogP contribution in [0.2, 0.25) is 0 Å². The van der Waals surface area contributed by atoms with Crippen LogP contribution >= 0.6 is 0 Å². The first-order chi connectivity index (χ1) is 15.9. The molecule has 1 unspecified atom stereocenters. The van der Waals surface area contributed by atoms with Gasteiger partial charge >= 0.3 is 5.97 Å². The Kier molecular flexibility index (Phi) is 6.58. The molecule has 1 N–H and O–H groups in total. The van der Waals surface area contributed by atoms with Gasteiger partial charge < -0.3 is 15.0 Å². The van der Waals surface area contributed by atoms with E-state index in [4.69, 9.17) is 9.72 Å². The van der Waals surface area contributed by atoms with Crippen molar-refractivity contribution in [3.8, 4) is 11.3 Å². The topological polar surface area (TPSA) is 97.3 Å². The Morgan fingerprint density at radius 1 is 1.18 bits per heavy atom. The molecule has 1 saturated heterocycles. The van der Waals surface area contributed by atoms with Gasteiger partial charge in [0, 0.05) is 55.6 Å². The van der Waals surface area contributed by atoms with Gasteiger partial charge in [-0.05, 0) is 37.1 Å². The summed E-state index contributed by atoms with van der Waals surface area (Å²) >= 11 is 0. The van der Waals surface area contributed by atoms with Crippen LogP contribution in [0.4, 0.5) is 15.9 Å². The Labute approximate surface area is 190 Å². The highest BCUT2D eigenvalue weighted by atomic mass is 19.1. The molecule has 8 nitrogen and oxygen atoms in total. The number of halogens is 1. The Balaban J connectivity index is 1.75. The maximum Gasteiger partial charge on any atom is 0.339 e. The van der Waals surface area contributed by atoms with Crippen LogP contribution in [0.5, 0.6) is 0 Å². The predicted molar refractivity (Wildman–Crippen MR) is 121 cm³/mol. The predicted octanol–water partition coefficient (Wildman–Crippen LogP) is 3.93. The van der Waals surface area contributed by atoms with Crippen LogP contribution in [0, 0.1) is 5.82 Å². The van der Waals surface area contributed by atoms with Crippen LogP contribution in [-0.4, -0.2) is 51.9 Å². The summed E-state index contributed by atoms with van der Waals surface area (Å²) in [5, 5.41) is 3.13. The molecular weight excluding hydrogens is 425 g/mol. The third-order valence-electron chi connectivity index (χ3n) is 5.53. The second-order valence-electron chi connectivity index (χ2n) is 7.89. The zero-order chi connectivity index (χ0) is 23.4. The fourth-order valence-electron chi connectivity index (χ4n) is 3.86. The summed E-state index contributed by atoms with van der Waals surface area (Å²) in [5.41, 5.74) is 2.01. The zero-order valence-corrected chi connectivity index (χ0v) is 18.4. The molecule has 1 aromatic carbocycles. The monoisotopic (exact) mass is 449 g/mol. The molecule has 1 atom stereocenters. The molecular formula is C24H24FN5O3. The molecule has 33 heavy (non-hydrogen) atoms. The Bertz CT molecular complexity index is 1190. The average Bonchev–Trinajstić information content (AvgIpc) is 2.83. The molecule has 0 spiro atoms. The van der Waals surface area contributed by atoms with Gasteiger partial charge in [-0.1, -0.05) is 6.07 Å². The molecule has 1 aliphatic rings. The van der Waals surface area contributed by atoms with Crippen LogP contribution in [0.15, 0.2) is 48.8 Å². The molecule has 0 radical (unpaired) electrons. The smallest absolute Gasteiger partial charge is 0.339 e. The van der Waals surface area contributed by atoms with Gasteiger partial charge in [-0.25, -0.2) is 19.2 Å². The summed E-state index contributed by atoms with van der Waals surface area (Å²) in [4.78, 5) is 39.3. The first-order valence-electron chi connectivity index (χ1n) is 10.6. The van der Waals surface area contributed by atoms with Gasteiger partial charge in [0.25, 0.3) is 0 Å². The number of rotatable bonds is 5. The number of carbonyl (C=O) groups is 2. The van der Waals surface area contributed by atoms with E-state index in [0.717, 1.165) is 12.8 Å². The molecule has 1 amide bonds. The SMILES string of the molecule is COC(=O)c1cncc(-c2cc(Nc3cccc(F)c3)nc(C3CCCN(C(C)=O)C3)n2)c1. The number of piperidine rings is 1. The van der Waals surface area contributed by atoms with E-state index in [0.29, 0.717) is 47.2 Å². The van der Waals surface area contributed by atoms with E-state index in [1.807, 2.05) is 0 Å². The van der Waals surface area contributed by atoms with Gasteiger partial charge in [0.2, 0.25) is 5.91 Å². The number of amides is 1. The summed E-state index contributed by atoms with van der Waals surface area (Å²) in [6.45, 7) is 2.80. The van der Waals surface area contributed by atoms with Crippen LogP contribution in [-0.2, 0) is 9.53 Å². The lowest BCUT2D eigenvalue weighted by Gasteiger charge is -2.31. The van der Waals surface area contributed by atoms with Crippen molar-refractivity contribution in [3.05, 3.63) is 66.0 Å². The number of hydrogen-bond acceptors (Lipinski definition) is 7. The molecule has 0 saturated carbocycles. The van der Waals surface area contributed by atoms with E-state index in [-0.39, 0.29) is 17.6 Å². The lowest BCUT2D eigenvalue weighted by molar-refractivity contribution is -0.130. The quantitative estimate of drug-likeness (QED) is 0.590. The number of esters is 1. The first-order valence-corrected chi connectivity index (χ1v) is 10.6. The maximum absolute atomic E-state index is 13.7. The lowest BCUT2D eigenvalue weighted by Crippen LogP contribution is -2.38. The normalized spacial score (nSPS) is 15.7. The lowest BCUT2D eigenvalue weighted by atomic mass is 9.96. The molecule has 0 bridgehead atoms. The van der Waals surface area contributed by atoms with Gasteiger partial charge in [-0.15, -0.1) is 0 Å². The van der Waals surface area contributed by atoms with Crippen molar-refractivity contribution in [2.45, 2.75) is 25.7 Å². The fourth-order valence-corrected chi connectivity index (χ4v) is 3.86. The van der Waals surface area contributed by atoms with Crippen molar-refractivity contribution in [2.75, 3.05) is 25.5 Å². The molecule has 4 rings (SSSR count). The molecule has 1 fully saturated rings. The number of nitrogens with one attached hydrogen (secondary N) is 1. The highest BCUT2D eigenvalue weighted by Crippen LogP contribution is 2.29. The fraction of sp³-hybridized carbons (Fsp3) is 0.292. The van der Waals surface area contributed by atoms with Crippen molar-refractivity contribution < 1.29 is 18.7 Å². The molecule has 1 aliphatic heterocycles. The summed E-state index contributed by atoms with van der Waals surface area (Å²) < 4.78 is 18.5. The number of aromatic nitrogens is 3. The van der Waals surface area contributed by atoms with E-state index in [2.05, 4.69) is 15.3 Å². The number of anilines is 2. The number of pyridine rings is 1. The number of likely N-dealkylation sites (tertiary alicyclic amines) is 1. The highest BCUT2D eigenvalue weighted by Gasteiger charge is 2.26. The van der Waals surface area contributed by atoms with Crippen molar-refractivity contribution in [1.82, 2.24) is 19.9 Å². The molecule has 0 aliphatic carbocycles. The number of nitrogens with zero attached hydrogens (tertiary/aromatic N) is 4. The van der Waals surface area contributed by atoms with Crippen LogP contribution in [0.25, 0.3) is 11.3 Å². The van der Waals surface area contributed by atoms with Gasteiger partial charge in [0.05, 0.1) is 18.4 Å². The van der Waals surface area contributed by atoms with E-state index in [9.17, 15) is 14.0 Å². The minimum absolute atomic E-state index is 0.0175. The molecule has 3 aromatic rings. The zero-order valence-electron chi connectivity index (χ0n) is 18.4. The number of benzene rings is 1. The number of ether oxygens (including phenoxy) is 1. The Morgan fingerprint density at radius 2 is 2.03 bits per heavy atom. The first kappa shape index (κ1) is 22.3. The summed E-state index contributed by atoms with van der Waals surface area (Å²) in [6, 6.07) is 9.46. The summed E-state index contributed by atoms with van der Waals surface area (Å²) in [6.07, 6.45) is 4.72. The summed E-state index contributed by atoms with van der Waals surface area (Å²) in [5.74, 6) is 0.149. The minimum Gasteiger partial charge on any atom is -0.465 e. The highest BCUT2D eigenvalue weighted by molar-refractivity contribution is 5.90. The largest absolute Gasteiger partial charge is 0.465 e. The third-order valence-corrected chi connectivity index (χ3v) is 5.53. The number of hydrogen-bond donors (Lipinski definition) is 1. The second kappa shape index (κ2) is 9.72. The van der Waals surface area contributed by atoms with Crippen molar-refractivity contribution in [3.63, 3.8) is 0 Å². The number of carbonyl (C=O) groups excluding carboxylic acids is 2. The van der Waals surface area contributed by atoms with Gasteiger partial charge in [0.15, 0.2) is 0 Å². The Morgan fingerprint density at radius 3 is 2.79 bits per heavy atom. The molecule has 2 aromatic heterocycles. The molecule has 170 valence electrons. The van der Waals surface area contributed by atoms with Gasteiger partial charge in [0.1, 0.15) is 17.5 Å². The summed E-state index contributed by atoms with van der Waals surface area (Å²) in [7, 11) is 1.31. The molecule has 9 heteroatoms. The van der Waals surface area contributed by atoms with E-state index < -0.39 is 5.97 Å². The second-order valence-corrected chi connectivity index (χ2v) is 7.89. The van der Waals surface area contributed by atoms with E-state index in [1.54, 1.807) is 42.3 Å². The average molecular weight is 449 g/mol. The van der Waals surface area contributed by atoms with E-state index in [1.165, 1.54) is 25.4 Å². The van der Waals surface area contributed by atoms with Crippen molar-refractivity contribution in [1.29, 1.82) is 0 Å². The number of methoxy groups -OCH3 is 1. The van der Waals surface area contributed by atoms with Gasteiger partial charge in [-0.3, -0.25) is 9.78 Å². The standard InChI is InChI=1S/C24H24FN5O3/c1-15(31)30-8-4-5-16(14-30)23-28-21(17-9-18(13-26-12-17)24(32)33-2)11-22(29-23)27-20-7-3-6-19(25)10-20/h3,6-7,9-13,16H,4-5,8,14H2,1-2H3,(H,27,28,29). The van der Waals surface area contributed by atoms with Gasteiger partial charge in [-0.2, -0.15) is 0 Å². The van der Waals surface area contributed by atoms with Crippen LogP contribution in [0.3, 0.4) is 0 Å². The molecule has 3 heterocycles. The maximum atomic E-state index is 13.7. The van der Waals surface area contributed by atoms with Crippen LogP contribution in [0.1, 0.15) is 41.9 Å². The van der Waals surface area contributed by atoms with Crippen molar-refractivity contribution in [2.24, 2.45) is 0 Å². The minimum atomic E-state index is -0.499. The van der Waals surface area contributed by atoms with E-state index >= 15 is 0 Å². The third kappa shape index (κ3) is 5.31. The Hall–Kier alpha value is -3.88. The van der Waals surface area contributed by atoms with Crippen molar-refractivity contribution >= 4 is 23.4 Å².